The van der Waals surface area contributed by atoms with Crippen molar-refractivity contribution < 1.29 is 4.74 Å². The van der Waals surface area contributed by atoms with Crippen molar-refractivity contribution in [3.05, 3.63) is 26.6 Å². The third-order valence-corrected chi connectivity index (χ3v) is 4.79. The quantitative estimate of drug-likeness (QED) is 0.862. The maximum absolute atomic E-state index is 12.5. The summed E-state index contributed by atoms with van der Waals surface area (Å²) in [5.74, 6) is 0. The zero-order valence-corrected chi connectivity index (χ0v) is 11.6. The first kappa shape index (κ1) is 12.1. The van der Waals surface area contributed by atoms with Crippen LogP contribution in [-0.4, -0.2) is 22.8 Å². The average molecular weight is 282 g/mol. The first-order chi connectivity index (χ1) is 8.72. The monoisotopic (exact) mass is 282 g/mol. The summed E-state index contributed by atoms with van der Waals surface area (Å²) in [6, 6.07) is 1.96. The molecular formula is C12H14N2O2S2. The average Bonchev–Trinajstić information content (AvgIpc) is 2.97. The smallest absolute Gasteiger partial charge is 0.272 e. The summed E-state index contributed by atoms with van der Waals surface area (Å²) in [6.45, 7) is 0. The van der Waals surface area contributed by atoms with Crippen molar-refractivity contribution in [2.75, 3.05) is 7.11 Å². The van der Waals surface area contributed by atoms with Crippen molar-refractivity contribution in [2.45, 2.75) is 31.4 Å². The van der Waals surface area contributed by atoms with E-state index in [-0.39, 0.29) is 17.7 Å². The number of methoxy groups -OCH3 is 1. The van der Waals surface area contributed by atoms with E-state index in [1.165, 1.54) is 11.3 Å². The number of nitrogens with one attached hydrogen (secondary N) is 1. The Morgan fingerprint density at radius 1 is 1.56 bits per heavy atom. The van der Waals surface area contributed by atoms with Crippen LogP contribution < -0.4 is 5.56 Å². The lowest BCUT2D eigenvalue weighted by Gasteiger charge is -2.20. The highest BCUT2D eigenvalue weighted by molar-refractivity contribution is 7.71. The fourth-order valence-electron chi connectivity index (χ4n) is 2.73. The van der Waals surface area contributed by atoms with Crippen LogP contribution in [0.15, 0.2) is 16.2 Å². The van der Waals surface area contributed by atoms with Crippen molar-refractivity contribution in [3.8, 4) is 0 Å². The molecule has 0 aliphatic heterocycles. The summed E-state index contributed by atoms with van der Waals surface area (Å²) < 4.78 is 8.41. The van der Waals surface area contributed by atoms with Crippen LogP contribution in [-0.2, 0) is 4.74 Å². The fraction of sp³-hybridized carbons (Fsp3) is 0.500. The van der Waals surface area contributed by atoms with Crippen LogP contribution in [0.2, 0.25) is 0 Å². The van der Waals surface area contributed by atoms with Crippen LogP contribution in [0.1, 0.15) is 25.3 Å². The van der Waals surface area contributed by atoms with E-state index in [0.29, 0.717) is 4.77 Å². The number of aromatic amines is 1. The highest BCUT2D eigenvalue weighted by Crippen LogP contribution is 2.31. The second-order valence-corrected chi connectivity index (χ2v) is 5.84. The minimum Gasteiger partial charge on any atom is -0.379 e. The van der Waals surface area contributed by atoms with Gasteiger partial charge in [-0.3, -0.25) is 9.36 Å². The van der Waals surface area contributed by atoms with E-state index in [4.69, 9.17) is 17.0 Å². The molecular weight excluding hydrogens is 268 g/mol. The Kier molecular flexibility index (Phi) is 3.09. The minimum atomic E-state index is 0.0118. The van der Waals surface area contributed by atoms with E-state index in [1.54, 1.807) is 11.7 Å². The van der Waals surface area contributed by atoms with Gasteiger partial charge in [0.05, 0.1) is 17.7 Å². The number of nitrogens with zero attached hydrogens (tertiary/aromatic N) is 1. The second-order valence-electron chi connectivity index (χ2n) is 4.54. The number of fused-ring (bicyclic) bond motifs is 1. The van der Waals surface area contributed by atoms with Gasteiger partial charge in [-0.25, -0.2) is 0 Å². The van der Waals surface area contributed by atoms with Gasteiger partial charge in [-0.15, -0.1) is 11.3 Å². The van der Waals surface area contributed by atoms with Gasteiger partial charge < -0.3 is 9.72 Å². The number of hydrogen-bond acceptors (Lipinski definition) is 4. The molecule has 1 N–H and O–H groups in total. The molecule has 2 aromatic heterocycles. The van der Waals surface area contributed by atoms with Gasteiger partial charge in [0, 0.05) is 7.11 Å². The van der Waals surface area contributed by atoms with Gasteiger partial charge in [-0.05, 0) is 42.9 Å². The zero-order valence-electron chi connectivity index (χ0n) is 10.0. The minimum absolute atomic E-state index is 0.0118. The molecule has 6 heteroatoms. The summed E-state index contributed by atoms with van der Waals surface area (Å²) in [4.78, 5) is 15.6. The molecule has 1 aliphatic rings. The number of hydrogen-bond donors (Lipinski definition) is 1. The summed E-state index contributed by atoms with van der Waals surface area (Å²) in [6.07, 6.45) is 3.11. The Bertz CT molecular complexity index is 685. The van der Waals surface area contributed by atoms with E-state index in [1.807, 2.05) is 11.4 Å². The van der Waals surface area contributed by atoms with Gasteiger partial charge in [-0.2, -0.15) is 0 Å². The molecule has 0 amide bonds. The van der Waals surface area contributed by atoms with E-state index in [0.717, 1.165) is 29.5 Å². The highest BCUT2D eigenvalue weighted by atomic mass is 32.1. The van der Waals surface area contributed by atoms with Crippen LogP contribution in [0.3, 0.4) is 0 Å². The normalized spacial score (nSPS) is 23.8. The van der Waals surface area contributed by atoms with Gasteiger partial charge in [0.15, 0.2) is 4.77 Å². The molecule has 96 valence electrons. The lowest BCUT2D eigenvalue weighted by atomic mass is 10.2. The third-order valence-electron chi connectivity index (χ3n) is 3.59. The van der Waals surface area contributed by atoms with Gasteiger partial charge >= 0.3 is 0 Å². The van der Waals surface area contributed by atoms with E-state index in [2.05, 4.69) is 4.98 Å². The number of ether oxygens (including phenoxy) is 1. The van der Waals surface area contributed by atoms with Gasteiger partial charge in [-0.1, -0.05) is 0 Å². The standard InChI is InChI=1S/C12H14N2O2S2/c1-16-9-4-2-3-8(9)14-11(15)10-7(5-6-18-10)13-12(14)17/h5-6,8-9H,2-4H2,1H3,(H,13,17). The molecule has 3 rings (SSSR count). The van der Waals surface area contributed by atoms with Crippen LogP contribution in [0.25, 0.3) is 10.2 Å². The fourth-order valence-corrected chi connectivity index (χ4v) is 3.84. The molecule has 0 radical (unpaired) electrons. The highest BCUT2D eigenvalue weighted by Gasteiger charge is 2.30. The second kappa shape index (κ2) is 4.60. The van der Waals surface area contributed by atoms with Gasteiger partial charge in [0.2, 0.25) is 0 Å². The maximum atomic E-state index is 12.5. The largest absolute Gasteiger partial charge is 0.379 e. The van der Waals surface area contributed by atoms with Crippen molar-refractivity contribution >= 4 is 33.8 Å². The first-order valence-electron chi connectivity index (χ1n) is 5.97. The summed E-state index contributed by atoms with van der Waals surface area (Å²) >= 11 is 6.78. The molecule has 1 fully saturated rings. The molecule has 2 aromatic rings. The Morgan fingerprint density at radius 2 is 2.39 bits per heavy atom. The van der Waals surface area contributed by atoms with Crippen LogP contribution >= 0.6 is 23.6 Å². The summed E-state index contributed by atoms with van der Waals surface area (Å²) in [5, 5.41) is 1.91. The third kappa shape index (κ3) is 1.75. The maximum Gasteiger partial charge on any atom is 0.272 e. The Balaban J connectivity index is 2.22. The molecule has 1 saturated carbocycles. The van der Waals surface area contributed by atoms with Crippen LogP contribution in [0.4, 0.5) is 0 Å². The molecule has 0 saturated heterocycles. The number of rotatable bonds is 2. The number of aromatic nitrogens is 2. The van der Waals surface area contributed by atoms with Crippen LogP contribution in [0, 0.1) is 4.77 Å². The van der Waals surface area contributed by atoms with Crippen molar-refractivity contribution in [2.24, 2.45) is 0 Å². The molecule has 2 atom stereocenters. The first-order valence-corrected chi connectivity index (χ1v) is 7.26. The molecule has 0 spiro atoms. The molecule has 2 heterocycles. The van der Waals surface area contributed by atoms with Crippen molar-refractivity contribution in [1.29, 1.82) is 0 Å². The molecule has 1 aliphatic carbocycles. The Hall–Kier alpha value is -0.980. The predicted molar refractivity (Wildman–Crippen MR) is 75.0 cm³/mol. The number of thiophene rings is 1. The Morgan fingerprint density at radius 3 is 3.17 bits per heavy atom. The molecule has 2 unspecified atom stereocenters. The predicted octanol–water partition coefficient (Wildman–Crippen LogP) is 2.86. The van der Waals surface area contributed by atoms with Gasteiger partial charge in [0.1, 0.15) is 4.70 Å². The SMILES string of the molecule is COC1CCCC1n1c(=S)[nH]c2ccsc2c1=O. The van der Waals surface area contributed by atoms with Gasteiger partial charge in [0.25, 0.3) is 5.56 Å². The van der Waals surface area contributed by atoms with E-state index < -0.39 is 0 Å². The van der Waals surface area contributed by atoms with Crippen LogP contribution in [0.5, 0.6) is 0 Å². The Labute approximate surface area is 113 Å². The molecule has 4 nitrogen and oxygen atoms in total. The van der Waals surface area contributed by atoms with E-state index in [9.17, 15) is 4.79 Å². The lowest BCUT2D eigenvalue weighted by molar-refractivity contribution is 0.0732. The topological polar surface area (TPSA) is 47.0 Å². The summed E-state index contributed by atoms with van der Waals surface area (Å²) in [7, 11) is 1.70. The number of H-pyrrole nitrogens is 1. The lowest BCUT2D eigenvalue weighted by Crippen LogP contribution is -2.31. The molecule has 18 heavy (non-hydrogen) atoms. The molecule has 0 bridgehead atoms. The summed E-state index contributed by atoms with van der Waals surface area (Å²) in [5.41, 5.74) is 0.843. The zero-order chi connectivity index (χ0) is 12.7. The van der Waals surface area contributed by atoms with Crippen molar-refractivity contribution in [1.82, 2.24) is 9.55 Å². The van der Waals surface area contributed by atoms with E-state index >= 15 is 0 Å². The van der Waals surface area contributed by atoms with Crippen molar-refractivity contribution in [3.63, 3.8) is 0 Å². The molecule has 0 aromatic carbocycles.